The molecule has 0 bridgehead atoms. The number of aromatic nitrogens is 1. The Hall–Kier alpha value is -1.16. The number of rotatable bonds is 4. The lowest BCUT2D eigenvalue weighted by Gasteiger charge is -2.12. The Morgan fingerprint density at radius 3 is 2.81 bits per heavy atom. The predicted octanol–water partition coefficient (Wildman–Crippen LogP) is 2.12. The summed E-state index contributed by atoms with van der Waals surface area (Å²) in [4.78, 5) is 4.72. The van der Waals surface area contributed by atoms with Gasteiger partial charge in [0.05, 0.1) is 12.2 Å². The SMILES string of the molecule is Cc1cc(C)c(C(N)=S)c(OCC2CC2)n1. The van der Waals surface area contributed by atoms with Crippen molar-refractivity contribution in [3.63, 3.8) is 0 Å². The molecular formula is C12H16N2OS. The zero-order valence-corrected chi connectivity index (χ0v) is 10.4. The lowest BCUT2D eigenvalue weighted by Crippen LogP contribution is -2.16. The fourth-order valence-electron chi connectivity index (χ4n) is 1.69. The molecule has 2 rings (SSSR count). The van der Waals surface area contributed by atoms with Gasteiger partial charge in [0.15, 0.2) is 0 Å². The van der Waals surface area contributed by atoms with Gasteiger partial charge in [-0.15, -0.1) is 0 Å². The van der Waals surface area contributed by atoms with Crippen LogP contribution in [-0.4, -0.2) is 16.6 Å². The normalized spacial score (nSPS) is 14.9. The second kappa shape index (κ2) is 4.37. The van der Waals surface area contributed by atoms with E-state index in [1.54, 1.807) is 0 Å². The molecule has 3 nitrogen and oxygen atoms in total. The quantitative estimate of drug-likeness (QED) is 0.814. The van der Waals surface area contributed by atoms with Crippen LogP contribution in [0.3, 0.4) is 0 Å². The maximum atomic E-state index is 5.71. The van der Waals surface area contributed by atoms with Crippen LogP contribution >= 0.6 is 12.2 Å². The van der Waals surface area contributed by atoms with Crippen molar-refractivity contribution in [1.82, 2.24) is 4.98 Å². The van der Waals surface area contributed by atoms with Gasteiger partial charge in [0, 0.05) is 5.69 Å². The highest BCUT2D eigenvalue weighted by Gasteiger charge is 2.23. The number of pyridine rings is 1. The lowest BCUT2D eigenvalue weighted by molar-refractivity contribution is 0.287. The Balaban J connectivity index is 2.27. The van der Waals surface area contributed by atoms with Gasteiger partial charge in [0.2, 0.25) is 5.88 Å². The summed E-state index contributed by atoms with van der Waals surface area (Å²) in [5.74, 6) is 1.29. The van der Waals surface area contributed by atoms with Gasteiger partial charge in [-0.25, -0.2) is 4.98 Å². The summed E-state index contributed by atoms with van der Waals surface area (Å²) in [6.07, 6.45) is 2.51. The van der Waals surface area contributed by atoms with Crippen LogP contribution in [-0.2, 0) is 0 Å². The highest BCUT2D eigenvalue weighted by molar-refractivity contribution is 7.80. The van der Waals surface area contributed by atoms with Crippen LogP contribution < -0.4 is 10.5 Å². The molecule has 2 N–H and O–H groups in total. The molecule has 1 aliphatic carbocycles. The molecule has 4 heteroatoms. The van der Waals surface area contributed by atoms with Crippen LogP contribution in [0.25, 0.3) is 0 Å². The molecule has 0 amide bonds. The molecule has 16 heavy (non-hydrogen) atoms. The van der Waals surface area contributed by atoms with Crippen molar-refractivity contribution in [2.75, 3.05) is 6.61 Å². The first-order valence-corrected chi connectivity index (χ1v) is 5.89. The van der Waals surface area contributed by atoms with E-state index in [2.05, 4.69) is 4.98 Å². The molecule has 1 aromatic heterocycles. The number of ether oxygens (including phenoxy) is 1. The summed E-state index contributed by atoms with van der Waals surface area (Å²) in [7, 11) is 0. The molecule has 0 radical (unpaired) electrons. The van der Waals surface area contributed by atoms with Gasteiger partial charge in [0.1, 0.15) is 4.99 Å². The van der Waals surface area contributed by atoms with Gasteiger partial charge in [-0.2, -0.15) is 0 Å². The number of hydrogen-bond acceptors (Lipinski definition) is 3. The van der Waals surface area contributed by atoms with E-state index in [-0.39, 0.29) is 0 Å². The molecule has 0 spiro atoms. The highest BCUT2D eigenvalue weighted by Crippen LogP contribution is 2.30. The average Bonchev–Trinajstić information content (AvgIpc) is 2.95. The number of thiocarbonyl (C=S) groups is 1. The van der Waals surface area contributed by atoms with E-state index in [0.29, 0.717) is 16.8 Å². The fraction of sp³-hybridized carbons (Fsp3) is 0.500. The van der Waals surface area contributed by atoms with Gasteiger partial charge >= 0.3 is 0 Å². The summed E-state index contributed by atoms with van der Waals surface area (Å²) in [6, 6.07) is 1.97. The van der Waals surface area contributed by atoms with Crippen molar-refractivity contribution in [1.29, 1.82) is 0 Å². The van der Waals surface area contributed by atoms with E-state index in [0.717, 1.165) is 23.4 Å². The van der Waals surface area contributed by atoms with Crippen LogP contribution in [0.4, 0.5) is 0 Å². The van der Waals surface area contributed by atoms with Crippen molar-refractivity contribution in [3.8, 4) is 5.88 Å². The molecule has 1 aromatic rings. The minimum Gasteiger partial charge on any atom is -0.477 e. The molecule has 0 saturated heterocycles. The maximum absolute atomic E-state index is 5.71. The van der Waals surface area contributed by atoms with Crippen molar-refractivity contribution in [2.24, 2.45) is 11.7 Å². The van der Waals surface area contributed by atoms with Crippen LogP contribution in [0.15, 0.2) is 6.07 Å². The van der Waals surface area contributed by atoms with E-state index >= 15 is 0 Å². The monoisotopic (exact) mass is 236 g/mol. The van der Waals surface area contributed by atoms with Gasteiger partial charge in [-0.05, 0) is 44.2 Å². The molecule has 1 heterocycles. The Morgan fingerprint density at radius 2 is 2.25 bits per heavy atom. The molecular weight excluding hydrogens is 220 g/mol. The Morgan fingerprint density at radius 1 is 1.56 bits per heavy atom. The van der Waals surface area contributed by atoms with Crippen LogP contribution in [0.2, 0.25) is 0 Å². The first-order valence-electron chi connectivity index (χ1n) is 5.48. The average molecular weight is 236 g/mol. The second-order valence-corrected chi connectivity index (χ2v) is 4.82. The first kappa shape index (κ1) is 11.3. The van der Waals surface area contributed by atoms with E-state index in [4.69, 9.17) is 22.7 Å². The number of nitrogens with zero attached hydrogens (tertiary/aromatic N) is 1. The number of nitrogens with two attached hydrogens (primary N) is 1. The topological polar surface area (TPSA) is 48.1 Å². The summed E-state index contributed by atoms with van der Waals surface area (Å²) in [5, 5.41) is 0. The van der Waals surface area contributed by atoms with Crippen LogP contribution in [0.5, 0.6) is 5.88 Å². The second-order valence-electron chi connectivity index (χ2n) is 4.38. The van der Waals surface area contributed by atoms with Crippen molar-refractivity contribution < 1.29 is 4.74 Å². The van der Waals surface area contributed by atoms with E-state index in [1.165, 1.54) is 12.8 Å². The third-order valence-electron chi connectivity index (χ3n) is 2.71. The van der Waals surface area contributed by atoms with Crippen LogP contribution in [0, 0.1) is 19.8 Å². The van der Waals surface area contributed by atoms with Crippen molar-refractivity contribution >= 4 is 17.2 Å². The Labute approximate surface area is 101 Å². The lowest BCUT2D eigenvalue weighted by atomic mass is 10.1. The predicted molar refractivity (Wildman–Crippen MR) is 67.8 cm³/mol. The molecule has 0 unspecified atom stereocenters. The summed E-state index contributed by atoms with van der Waals surface area (Å²) in [5.41, 5.74) is 8.44. The third kappa shape index (κ3) is 2.50. The standard InChI is InChI=1S/C12H16N2OS/c1-7-5-8(2)14-12(10(7)11(13)16)15-6-9-3-4-9/h5,9H,3-4,6H2,1-2H3,(H2,13,16). The minimum absolute atomic E-state index is 0.357. The third-order valence-corrected chi connectivity index (χ3v) is 2.91. The minimum atomic E-state index is 0.357. The van der Waals surface area contributed by atoms with E-state index in [9.17, 15) is 0 Å². The number of hydrogen-bond donors (Lipinski definition) is 1. The molecule has 0 atom stereocenters. The van der Waals surface area contributed by atoms with Gasteiger partial charge in [-0.1, -0.05) is 12.2 Å². The van der Waals surface area contributed by atoms with E-state index < -0.39 is 0 Å². The molecule has 0 aliphatic heterocycles. The Kier molecular flexibility index (Phi) is 3.10. The highest BCUT2D eigenvalue weighted by atomic mass is 32.1. The van der Waals surface area contributed by atoms with Gasteiger partial charge in [0.25, 0.3) is 0 Å². The Bertz CT molecular complexity index is 427. The first-order chi connectivity index (χ1) is 7.58. The molecule has 86 valence electrons. The smallest absolute Gasteiger partial charge is 0.224 e. The molecule has 1 aliphatic rings. The van der Waals surface area contributed by atoms with Gasteiger partial charge < -0.3 is 10.5 Å². The van der Waals surface area contributed by atoms with Crippen molar-refractivity contribution in [2.45, 2.75) is 26.7 Å². The maximum Gasteiger partial charge on any atom is 0.224 e. The van der Waals surface area contributed by atoms with Crippen LogP contribution in [0.1, 0.15) is 29.7 Å². The summed E-state index contributed by atoms with van der Waals surface area (Å²) >= 11 is 5.03. The molecule has 1 fully saturated rings. The number of aryl methyl sites for hydroxylation is 2. The fourth-order valence-corrected chi connectivity index (χ4v) is 1.94. The zero-order valence-electron chi connectivity index (χ0n) is 9.62. The summed E-state index contributed by atoms with van der Waals surface area (Å²) in [6.45, 7) is 4.65. The summed E-state index contributed by atoms with van der Waals surface area (Å²) < 4.78 is 5.71. The largest absolute Gasteiger partial charge is 0.477 e. The van der Waals surface area contributed by atoms with Gasteiger partial charge in [-0.3, -0.25) is 0 Å². The zero-order chi connectivity index (χ0) is 11.7. The van der Waals surface area contributed by atoms with Crippen molar-refractivity contribution in [3.05, 3.63) is 22.9 Å². The van der Waals surface area contributed by atoms with E-state index in [1.807, 2.05) is 19.9 Å². The molecule has 1 saturated carbocycles. The molecule has 0 aromatic carbocycles.